The van der Waals surface area contributed by atoms with E-state index in [0.717, 1.165) is 32.1 Å². The summed E-state index contributed by atoms with van der Waals surface area (Å²) in [6.07, 6.45) is 1.80. The number of esters is 1. The summed E-state index contributed by atoms with van der Waals surface area (Å²) in [5.41, 5.74) is -0.679. The van der Waals surface area contributed by atoms with E-state index < -0.39 is 22.3 Å². The number of benzene rings is 1. The van der Waals surface area contributed by atoms with Gasteiger partial charge in [0.25, 0.3) is 5.69 Å². The maximum Gasteiger partial charge on any atom is 0.341 e. The van der Waals surface area contributed by atoms with E-state index in [1.807, 2.05) is 0 Å². The Morgan fingerprint density at radius 2 is 2.22 bits per heavy atom. The van der Waals surface area contributed by atoms with Crippen LogP contribution in [0.25, 0.3) is 0 Å². The van der Waals surface area contributed by atoms with Crippen LogP contribution in [0, 0.1) is 15.9 Å². The first-order valence-corrected chi connectivity index (χ1v) is 5.35. The number of nitro benzene ring substituents is 1. The Morgan fingerprint density at radius 3 is 2.72 bits per heavy atom. The highest BCUT2D eigenvalue weighted by atomic mass is 19.1. The third kappa shape index (κ3) is 2.39. The van der Waals surface area contributed by atoms with Gasteiger partial charge >= 0.3 is 5.97 Å². The van der Waals surface area contributed by atoms with Gasteiger partial charge in [-0.3, -0.25) is 10.1 Å². The molecule has 1 aromatic rings. The van der Waals surface area contributed by atoms with Gasteiger partial charge in [0.05, 0.1) is 12.0 Å². The van der Waals surface area contributed by atoms with E-state index in [1.165, 1.54) is 0 Å². The molecule has 0 bridgehead atoms. The average Bonchev–Trinajstić information content (AvgIpc) is 3.11. The summed E-state index contributed by atoms with van der Waals surface area (Å²) >= 11 is 0. The second kappa shape index (κ2) is 4.59. The monoisotopic (exact) mass is 254 g/mol. The number of nitrogens with zero attached hydrogens (tertiary/aromatic N) is 1. The van der Waals surface area contributed by atoms with Crippen molar-refractivity contribution < 1.29 is 18.8 Å². The third-order valence-corrected chi connectivity index (χ3v) is 2.62. The maximum atomic E-state index is 13.6. The van der Waals surface area contributed by atoms with Crippen molar-refractivity contribution in [2.24, 2.45) is 0 Å². The molecule has 2 rings (SSSR count). The van der Waals surface area contributed by atoms with Gasteiger partial charge in [-0.1, -0.05) is 0 Å². The number of carbonyl (C=O) groups is 1. The van der Waals surface area contributed by atoms with Crippen LogP contribution >= 0.6 is 0 Å². The summed E-state index contributed by atoms with van der Waals surface area (Å²) in [6.45, 7) is 0. The molecule has 0 amide bonds. The molecule has 0 heterocycles. The fourth-order valence-corrected chi connectivity index (χ4v) is 1.54. The third-order valence-electron chi connectivity index (χ3n) is 2.62. The summed E-state index contributed by atoms with van der Waals surface area (Å²) in [6, 6.07) is 2.00. The van der Waals surface area contributed by atoms with Gasteiger partial charge in [-0.2, -0.15) is 0 Å². The van der Waals surface area contributed by atoms with Crippen LogP contribution in [0.2, 0.25) is 0 Å². The molecule has 1 saturated carbocycles. The first kappa shape index (κ1) is 12.3. The van der Waals surface area contributed by atoms with Crippen LogP contribution in [0.3, 0.4) is 0 Å². The van der Waals surface area contributed by atoms with Crippen LogP contribution in [0.5, 0.6) is 0 Å². The van der Waals surface area contributed by atoms with E-state index >= 15 is 0 Å². The molecule has 0 radical (unpaired) electrons. The molecule has 0 aliphatic heterocycles. The van der Waals surface area contributed by atoms with Gasteiger partial charge in [0, 0.05) is 18.2 Å². The number of nitrogens with one attached hydrogen (secondary N) is 1. The molecule has 96 valence electrons. The van der Waals surface area contributed by atoms with Crippen LogP contribution in [0.4, 0.5) is 15.8 Å². The molecule has 0 aromatic heterocycles. The van der Waals surface area contributed by atoms with Crippen LogP contribution in [0.1, 0.15) is 23.2 Å². The number of rotatable bonds is 4. The summed E-state index contributed by atoms with van der Waals surface area (Å²) in [7, 11) is 1.09. The van der Waals surface area contributed by atoms with Crippen molar-refractivity contribution in [2.45, 2.75) is 18.9 Å². The zero-order valence-electron chi connectivity index (χ0n) is 9.60. The maximum absolute atomic E-state index is 13.6. The number of hydrogen-bond acceptors (Lipinski definition) is 5. The van der Waals surface area contributed by atoms with Crippen LogP contribution in [0.15, 0.2) is 12.1 Å². The molecule has 0 saturated heterocycles. The minimum Gasteiger partial charge on any atom is -0.465 e. The minimum atomic E-state index is -0.937. The highest BCUT2D eigenvalue weighted by Crippen LogP contribution is 2.32. The van der Waals surface area contributed by atoms with Crippen molar-refractivity contribution in [2.75, 3.05) is 12.4 Å². The van der Waals surface area contributed by atoms with Crippen molar-refractivity contribution in [1.29, 1.82) is 0 Å². The predicted octanol–water partition coefficient (Wildman–Crippen LogP) is 2.09. The lowest BCUT2D eigenvalue weighted by atomic mass is 10.1. The van der Waals surface area contributed by atoms with E-state index in [2.05, 4.69) is 10.1 Å². The van der Waals surface area contributed by atoms with Gasteiger partial charge in [0.1, 0.15) is 17.1 Å². The van der Waals surface area contributed by atoms with E-state index in [0.29, 0.717) is 0 Å². The van der Waals surface area contributed by atoms with Crippen LogP contribution in [-0.2, 0) is 4.74 Å². The number of halogens is 1. The molecule has 1 N–H and O–H groups in total. The van der Waals surface area contributed by atoms with Crippen molar-refractivity contribution in [3.63, 3.8) is 0 Å². The van der Waals surface area contributed by atoms with Gasteiger partial charge in [0.15, 0.2) is 0 Å². The SMILES string of the molecule is COC(=O)c1cc([N+](=O)[O-])c(NC2CC2)cc1F. The van der Waals surface area contributed by atoms with Gasteiger partial charge in [-0.05, 0) is 12.8 Å². The topological polar surface area (TPSA) is 81.5 Å². The smallest absolute Gasteiger partial charge is 0.341 e. The van der Waals surface area contributed by atoms with Crippen LogP contribution in [-0.4, -0.2) is 24.0 Å². The number of nitro groups is 1. The Balaban J connectivity index is 2.43. The lowest BCUT2D eigenvalue weighted by molar-refractivity contribution is -0.384. The summed E-state index contributed by atoms with van der Waals surface area (Å²) in [5.74, 6) is -1.77. The van der Waals surface area contributed by atoms with Crippen molar-refractivity contribution in [3.05, 3.63) is 33.6 Å². The molecule has 1 aliphatic rings. The predicted molar refractivity (Wildman–Crippen MR) is 61.0 cm³/mol. The van der Waals surface area contributed by atoms with Gasteiger partial charge < -0.3 is 10.1 Å². The molecular formula is C11H11FN2O4. The molecule has 0 atom stereocenters. The van der Waals surface area contributed by atoms with Crippen molar-refractivity contribution in [3.8, 4) is 0 Å². The molecule has 7 heteroatoms. The Bertz CT molecular complexity index is 514. The summed E-state index contributed by atoms with van der Waals surface area (Å²) in [5, 5.41) is 13.7. The molecule has 0 unspecified atom stereocenters. The van der Waals surface area contributed by atoms with Crippen molar-refractivity contribution in [1.82, 2.24) is 0 Å². The Labute approximate surface area is 102 Å². The number of methoxy groups -OCH3 is 1. The first-order chi connectivity index (χ1) is 8.52. The Kier molecular flexibility index (Phi) is 3.14. The largest absolute Gasteiger partial charge is 0.465 e. The normalized spacial score (nSPS) is 14.1. The number of anilines is 1. The number of ether oxygens (including phenoxy) is 1. The molecule has 1 fully saturated rings. The van der Waals surface area contributed by atoms with E-state index in [9.17, 15) is 19.3 Å². The molecule has 1 aromatic carbocycles. The molecule has 18 heavy (non-hydrogen) atoms. The first-order valence-electron chi connectivity index (χ1n) is 5.35. The van der Waals surface area contributed by atoms with E-state index in [-0.39, 0.29) is 17.4 Å². The van der Waals surface area contributed by atoms with E-state index in [4.69, 9.17) is 0 Å². The molecule has 0 spiro atoms. The highest BCUT2D eigenvalue weighted by molar-refractivity contribution is 5.91. The zero-order chi connectivity index (χ0) is 13.3. The number of carbonyl (C=O) groups excluding carboxylic acids is 1. The van der Waals surface area contributed by atoms with Gasteiger partial charge in [-0.15, -0.1) is 0 Å². The quantitative estimate of drug-likeness (QED) is 0.505. The van der Waals surface area contributed by atoms with Crippen molar-refractivity contribution >= 4 is 17.3 Å². The fraction of sp³-hybridized carbons (Fsp3) is 0.364. The average molecular weight is 254 g/mol. The molecule has 1 aliphatic carbocycles. The van der Waals surface area contributed by atoms with Crippen LogP contribution < -0.4 is 5.32 Å². The summed E-state index contributed by atoms with van der Waals surface area (Å²) in [4.78, 5) is 21.5. The minimum absolute atomic E-state index is 0.0904. The second-order valence-electron chi connectivity index (χ2n) is 4.02. The second-order valence-corrected chi connectivity index (χ2v) is 4.02. The summed E-state index contributed by atoms with van der Waals surface area (Å²) < 4.78 is 18.0. The zero-order valence-corrected chi connectivity index (χ0v) is 9.60. The lowest BCUT2D eigenvalue weighted by Crippen LogP contribution is -2.09. The molecule has 6 nitrogen and oxygen atoms in total. The molecular weight excluding hydrogens is 243 g/mol. The van der Waals surface area contributed by atoms with Gasteiger partial charge in [0.2, 0.25) is 0 Å². The Hall–Kier alpha value is -2.18. The van der Waals surface area contributed by atoms with Gasteiger partial charge in [-0.25, -0.2) is 9.18 Å². The fourth-order valence-electron chi connectivity index (χ4n) is 1.54. The lowest BCUT2D eigenvalue weighted by Gasteiger charge is -2.08. The standard InChI is InChI=1S/C11H11FN2O4/c1-18-11(15)7-4-10(14(16)17)9(5-8(7)12)13-6-2-3-6/h4-6,13H,2-3H2,1H3. The number of hydrogen-bond donors (Lipinski definition) is 1. The Morgan fingerprint density at radius 1 is 1.56 bits per heavy atom. The highest BCUT2D eigenvalue weighted by Gasteiger charge is 2.27. The van der Waals surface area contributed by atoms with E-state index in [1.54, 1.807) is 0 Å².